The van der Waals surface area contributed by atoms with E-state index in [1.165, 1.54) is 12.8 Å². The van der Waals surface area contributed by atoms with Crippen molar-refractivity contribution in [3.8, 4) is 0 Å². The van der Waals surface area contributed by atoms with Gasteiger partial charge in [0.15, 0.2) is 0 Å². The average Bonchev–Trinajstić information content (AvgIpc) is 2.20. The van der Waals surface area contributed by atoms with Gasteiger partial charge in [-0.15, -0.1) is 12.4 Å². The maximum atomic E-state index is 11.7. The molecule has 1 aliphatic carbocycles. The fourth-order valence-electron chi connectivity index (χ4n) is 2.70. The lowest BCUT2D eigenvalue weighted by Gasteiger charge is -2.40. The van der Waals surface area contributed by atoms with E-state index in [4.69, 9.17) is 5.73 Å². The Hall–Kier alpha value is -0.280. The fraction of sp³-hybridized carbons (Fsp3) is 0.909. The smallest absolute Gasteiger partial charge is 0.222 e. The second-order valence-electron chi connectivity index (χ2n) is 4.56. The first-order chi connectivity index (χ1) is 6.79. The number of halogens is 1. The normalized spacial score (nSPS) is 32.3. The number of carbonyl (C=O) groups excluding carboxylic acids is 1. The van der Waals surface area contributed by atoms with Crippen LogP contribution in [-0.4, -0.2) is 29.4 Å². The zero-order chi connectivity index (χ0) is 9.97. The summed E-state index contributed by atoms with van der Waals surface area (Å²) in [4.78, 5) is 13.8. The number of carbonyl (C=O) groups is 1. The molecule has 1 saturated heterocycles. The summed E-state index contributed by atoms with van der Waals surface area (Å²) in [7, 11) is 0. The van der Waals surface area contributed by atoms with Crippen LogP contribution in [0.5, 0.6) is 0 Å². The molecule has 2 aliphatic rings. The molecule has 0 aromatic rings. The molecule has 2 N–H and O–H groups in total. The van der Waals surface area contributed by atoms with Crippen molar-refractivity contribution in [1.29, 1.82) is 0 Å². The second-order valence-corrected chi connectivity index (χ2v) is 4.56. The molecular formula is C11H21ClN2O. The van der Waals surface area contributed by atoms with E-state index in [2.05, 4.69) is 0 Å². The van der Waals surface area contributed by atoms with Crippen molar-refractivity contribution in [2.75, 3.05) is 6.54 Å². The lowest BCUT2D eigenvalue weighted by molar-refractivity contribution is -0.136. The summed E-state index contributed by atoms with van der Waals surface area (Å²) < 4.78 is 0. The maximum absolute atomic E-state index is 11.7. The Balaban J connectivity index is 0.00000112. The molecule has 1 amide bonds. The molecule has 0 aromatic heterocycles. The Morgan fingerprint density at radius 2 is 1.87 bits per heavy atom. The van der Waals surface area contributed by atoms with Gasteiger partial charge in [-0.2, -0.15) is 0 Å². The molecule has 2 rings (SSSR count). The molecule has 88 valence electrons. The summed E-state index contributed by atoms with van der Waals surface area (Å²) in [5.41, 5.74) is 6.08. The molecule has 3 nitrogen and oxygen atoms in total. The predicted molar refractivity (Wildman–Crippen MR) is 63.0 cm³/mol. The Morgan fingerprint density at radius 3 is 2.53 bits per heavy atom. The minimum absolute atomic E-state index is 0. The zero-order valence-corrected chi connectivity index (χ0v) is 9.97. The highest BCUT2D eigenvalue weighted by Crippen LogP contribution is 2.25. The molecule has 0 spiro atoms. The highest BCUT2D eigenvalue weighted by molar-refractivity contribution is 5.85. The molecule has 1 saturated carbocycles. The summed E-state index contributed by atoms with van der Waals surface area (Å²) in [5.74, 6) is 0.332. The van der Waals surface area contributed by atoms with Gasteiger partial charge in [-0.05, 0) is 25.7 Å². The zero-order valence-electron chi connectivity index (χ0n) is 9.15. The molecule has 0 aromatic carbocycles. The largest absolute Gasteiger partial charge is 0.338 e. The first kappa shape index (κ1) is 12.8. The third-order valence-corrected chi connectivity index (χ3v) is 3.54. The Morgan fingerprint density at radius 1 is 1.13 bits per heavy atom. The maximum Gasteiger partial charge on any atom is 0.222 e. The van der Waals surface area contributed by atoms with Crippen LogP contribution in [0, 0.1) is 0 Å². The topological polar surface area (TPSA) is 46.3 Å². The number of hydrogen-bond acceptors (Lipinski definition) is 2. The number of likely N-dealkylation sites (tertiary alicyclic amines) is 1. The van der Waals surface area contributed by atoms with Crippen molar-refractivity contribution < 1.29 is 4.79 Å². The standard InChI is InChI=1S/C11H20N2O.ClH/c12-9-5-1-2-6-10(9)13-8-4-3-7-11(13)14;/h9-10H,1-8,12H2;1H/t9-,10-;/m1./s1. The Kier molecular flexibility index (Phi) is 4.87. The van der Waals surface area contributed by atoms with Crippen LogP contribution in [0.15, 0.2) is 0 Å². The molecule has 2 atom stereocenters. The monoisotopic (exact) mass is 232 g/mol. The predicted octanol–water partition coefficient (Wildman–Crippen LogP) is 1.69. The molecule has 0 bridgehead atoms. The van der Waals surface area contributed by atoms with Gasteiger partial charge in [0.1, 0.15) is 0 Å². The number of piperidine rings is 1. The Bertz CT molecular complexity index is 223. The van der Waals surface area contributed by atoms with Crippen molar-refractivity contribution in [1.82, 2.24) is 4.90 Å². The van der Waals surface area contributed by atoms with Gasteiger partial charge in [-0.3, -0.25) is 4.79 Å². The van der Waals surface area contributed by atoms with Crippen LogP contribution in [0.2, 0.25) is 0 Å². The van der Waals surface area contributed by atoms with E-state index in [0.717, 1.165) is 38.6 Å². The van der Waals surface area contributed by atoms with Gasteiger partial charge in [0.25, 0.3) is 0 Å². The van der Waals surface area contributed by atoms with Crippen molar-refractivity contribution in [2.45, 2.75) is 57.0 Å². The van der Waals surface area contributed by atoms with Crippen molar-refractivity contribution in [3.63, 3.8) is 0 Å². The third-order valence-electron chi connectivity index (χ3n) is 3.54. The van der Waals surface area contributed by atoms with Crippen LogP contribution in [0.25, 0.3) is 0 Å². The van der Waals surface area contributed by atoms with Gasteiger partial charge in [-0.25, -0.2) is 0 Å². The number of nitrogens with two attached hydrogens (primary N) is 1. The third kappa shape index (κ3) is 2.85. The quantitative estimate of drug-likeness (QED) is 0.748. The molecule has 0 radical (unpaired) electrons. The highest BCUT2D eigenvalue weighted by Gasteiger charge is 2.31. The SMILES string of the molecule is Cl.N[C@@H]1CCCC[C@H]1N1CCCCC1=O. The molecule has 15 heavy (non-hydrogen) atoms. The number of rotatable bonds is 1. The van der Waals surface area contributed by atoms with Crippen LogP contribution in [-0.2, 0) is 4.79 Å². The van der Waals surface area contributed by atoms with Crippen LogP contribution >= 0.6 is 12.4 Å². The number of amides is 1. The summed E-state index contributed by atoms with van der Waals surface area (Å²) in [6, 6.07) is 0.572. The molecule has 0 unspecified atom stereocenters. The molecule has 2 fully saturated rings. The van der Waals surface area contributed by atoms with Crippen LogP contribution < -0.4 is 5.73 Å². The molecule has 1 heterocycles. The molecule has 4 heteroatoms. The molecular weight excluding hydrogens is 212 g/mol. The molecule has 1 aliphatic heterocycles. The van der Waals surface area contributed by atoms with Gasteiger partial charge < -0.3 is 10.6 Å². The first-order valence-electron chi connectivity index (χ1n) is 5.84. The van der Waals surface area contributed by atoms with Gasteiger partial charge in [0, 0.05) is 25.0 Å². The van der Waals surface area contributed by atoms with E-state index in [1.807, 2.05) is 4.90 Å². The van der Waals surface area contributed by atoms with E-state index < -0.39 is 0 Å². The van der Waals surface area contributed by atoms with E-state index in [9.17, 15) is 4.79 Å². The fourth-order valence-corrected chi connectivity index (χ4v) is 2.70. The van der Waals surface area contributed by atoms with Crippen LogP contribution in [0.3, 0.4) is 0 Å². The van der Waals surface area contributed by atoms with E-state index >= 15 is 0 Å². The Labute approximate surface area is 97.8 Å². The summed E-state index contributed by atoms with van der Waals surface area (Å²) in [6.45, 7) is 0.942. The van der Waals surface area contributed by atoms with Gasteiger partial charge in [0.05, 0.1) is 0 Å². The van der Waals surface area contributed by atoms with E-state index in [-0.39, 0.29) is 18.4 Å². The first-order valence-corrected chi connectivity index (χ1v) is 5.84. The van der Waals surface area contributed by atoms with Crippen LogP contribution in [0.4, 0.5) is 0 Å². The highest BCUT2D eigenvalue weighted by atomic mass is 35.5. The number of nitrogens with zero attached hydrogens (tertiary/aromatic N) is 1. The van der Waals surface area contributed by atoms with E-state index in [0.29, 0.717) is 11.9 Å². The van der Waals surface area contributed by atoms with Crippen LogP contribution in [0.1, 0.15) is 44.9 Å². The minimum atomic E-state index is 0. The van der Waals surface area contributed by atoms with Crippen molar-refractivity contribution in [2.24, 2.45) is 5.73 Å². The van der Waals surface area contributed by atoms with Gasteiger partial charge in [-0.1, -0.05) is 12.8 Å². The summed E-state index contributed by atoms with van der Waals surface area (Å²) in [5, 5.41) is 0. The van der Waals surface area contributed by atoms with Gasteiger partial charge >= 0.3 is 0 Å². The average molecular weight is 233 g/mol. The summed E-state index contributed by atoms with van der Waals surface area (Å²) in [6.07, 6.45) is 7.65. The van der Waals surface area contributed by atoms with Crippen molar-refractivity contribution in [3.05, 3.63) is 0 Å². The lowest BCUT2D eigenvalue weighted by atomic mass is 9.88. The summed E-state index contributed by atoms with van der Waals surface area (Å²) >= 11 is 0. The second kappa shape index (κ2) is 5.71. The minimum Gasteiger partial charge on any atom is -0.338 e. The number of hydrogen-bond donors (Lipinski definition) is 1. The van der Waals surface area contributed by atoms with Crippen molar-refractivity contribution >= 4 is 18.3 Å². The van der Waals surface area contributed by atoms with E-state index in [1.54, 1.807) is 0 Å². The van der Waals surface area contributed by atoms with Gasteiger partial charge in [0.2, 0.25) is 5.91 Å². The lowest BCUT2D eigenvalue weighted by Crippen LogP contribution is -2.53.